The Labute approximate surface area is 134 Å². The highest BCUT2D eigenvalue weighted by Crippen LogP contribution is 2.33. The first-order chi connectivity index (χ1) is 10.5. The van der Waals surface area contributed by atoms with Crippen molar-refractivity contribution in [3.63, 3.8) is 0 Å². The summed E-state index contributed by atoms with van der Waals surface area (Å²) in [4.78, 5) is 28.8. The quantitative estimate of drug-likeness (QED) is 0.855. The molecule has 1 heterocycles. The van der Waals surface area contributed by atoms with Gasteiger partial charge in [-0.25, -0.2) is 0 Å². The second kappa shape index (κ2) is 7.44. The maximum absolute atomic E-state index is 12.7. The molecule has 2 atom stereocenters. The van der Waals surface area contributed by atoms with E-state index in [1.807, 2.05) is 30.7 Å². The van der Waals surface area contributed by atoms with E-state index in [4.69, 9.17) is 5.73 Å². The summed E-state index contributed by atoms with van der Waals surface area (Å²) in [5, 5.41) is 0. The van der Waals surface area contributed by atoms with Crippen molar-refractivity contribution in [3.05, 3.63) is 0 Å². The minimum atomic E-state index is 0.0744. The zero-order valence-corrected chi connectivity index (χ0v) is 14.3. The third kappa shape index (κ3) is 3.62. The molecule has 1 saturated carbocycles. The average Bonchev–Trinajstić information content (AvgIpc) is 3.01. The van der Waals surface area contributed by atoms with Crippen molar-refractivity contribution in [1.29, 1.82) is 0 Å². The van der Waals surface area contributed by atoms with Gasteiger partial charge in [0.1, 0.15) is 0 Å². The molecule has 5 heteroatoms. The molecule has 22 heavy (non-hydrogen) atoms. The van der Waals surface area contributed by atoms with Gasteiger partial charge < -0.3 is 15.5 Å². The van der Waals surface area contributed by atoms with Crippen LogP contribution in [0.5, 0.6) is 0 Å². The zero-order valence-electron chi connectivity index (χ0n) is 14.3. The fraction of sp³-hybridized carbons (Fsp3) is 0.882. The van der Waals surface area contributed by atoms with Gasteiger partial charge in [-0.2, -0.15) is 0 Å². The first kappa shape index (κ1) is 17.3. The zero-order chi connectivity index (χ0) is 16.3. The van der Waals surface area contributed by atoms with Crippen LogP contribution in [0.1, 0.15) is 46.0 Å². The molecule has 1 aliphatic carbocycles. The van der Waals surface area contributed by atoms with Crippen LogP contribution in [-0.4, -0.2) is 54.3 Å². The fourth-order valence-electron chi connectivity index (χ4n) is 3.77. The van der Waals surface area contributed by atoms with E-state index in [0.717, 1.165) is 45.2 Å². The highest BCUT2D eigenvalue weighted by molar-refractivity contribution is 5.81. The molecule has 2 fully saturated rings. The van der Waals surface area contributed by atoms with E-state index in [-0.39, 0.29) is 29.7 Å². The van der Waals surface area contributed by atoms with Gasteiger partial charge in [0.2, 0.25) is 11.8 Å². The van der Waals surface area contributed by atoms with Crippen LogP contribution in [0.15, 0.2) is 0 Å². The number of hydrogen-bond acceptors (Lipinski definition) is 3. The highest BCUT2D eigenvalue weighted by atomic mass is 16.2. The summed E-state index contributed by atoms with van der Waals surface area (Å²) in [5.74, 6) is 1.05. The Bertz CT molecular complexity index is 403. The predicted molar refractivity (Wildman–Crippen MR) is 87.1 cm³/mol. The Morgan fingerprint density at radius 1 is 1.18 bits per heavy atom. The van der Waals surface area contributed by atoms with Gasteiger partial charge in [0.05, 0.1) is 0 Å². The van der Waals surface area contributed by atoms with Crippen LogP contribution >= 0.6 is 0 Å². The van der Waals surface area contributed by atoms with Crippen LogP contribution < -0.4 is 5.73 Å². The van der Waals surface area contributed by atoms with E-state index in [2.05, 4.69) is 0 Å². The molecular formula is C17H31N3O2. The van der Waals surface area contributed by atoms with Crippen LogP contribution in [0.4, 0.5) is 0 Å². The van der Waals surface area contributed by atoms with Crippen molar-refractivity contribution in [2.75, 3.05) is 26.7 Å². The van der Waals surface area contributed by atoms with Crippen molar-refractivity contribution in [3.8, 4) is 0 Å². The van der Waals surface area contributed by atoms with Crippen molar-refractivity contribution in [2.45, 2.75) is 52.0 Å². The van der Waals surface area contributed by atoms with E-state index < -0.39 is 0 Å². The molecule has 1 saturated heterocycles. The van der Waals surface area contributed by atoms with Crippen molar-refractivity contribution in [1.82, 2.24) is 9.80 Å². The highest BCUT2D eigenvalue weighted by Gasteiger charge is 2.37. The number of carbonyl (C=O) groups excluding carboxylic acids is 2. The molecular weight excluding hydrogens is 278 g/mol. The summed E-state index contributed by atoms with van der Waals surface area (Å²) >= 11 is 0. The number of piperidine rings is 1. The number of carbonyl (C=O) groups is 2. The lowest BCUT2D eigenvalue weighted by molar-refractivity contribution is -0.143. The third-order valence-corrected chi connectivity index (χ3v) is 5.56. The van der Waals surface area contributed by atoms with Crippen LogP contribution in [-0.2, 0) is 9.59 Å². The van der Waals surface area contributed by atoms with E-state index >= 15 is 0 Å². The first-order valence-electron chi connectivity index (χ1n) is 8.71. The largest absolute Gasteiger partial charge is 0.343 e. The average molecular weight is 309 g/mol. The van der Waals surface area contributed by atoms with Crippen LogP contribution in [0.3, 0.4) is 0 Å². The van der Waals surface area contributed by atoms with Crippen LogP contribution in [0, 0.1) is 17.8 Å². The number of rotatable bonds is 4. The summed E-state index contributed by atoms with van der Waals surface area (Å²) < 4.78 is 0. The molecule has 2 amide bonds. The van der Waals surface area contributed by atoms with Crippen LogP contribution in [0.2, 0.25) is 0 Å². The minimum Gasteiger partial charge on any atom is -0.343 e. The Balaban J connectivity index is 1.87. The number of nitrogens with zero attached hydrogens (tertiary/aromatic N) is 2. The molecule has 0 unspecified atom stereocenters. The number of amides is 2. The minimum absolute atomic E-state index is 0.0744. The molecule has 0 aromatic heterocycles. The summed E-state index contributed by atoms with van der Waals surface area (Å²) in [6.45, 7) is 6.11. The first-order valence-corrected chi connectivity index (χ1v) is 8.71. The van der Waals surface area contributed by atoms with E-state index in [0.29, 0.717) is 12.5 Å². The maximum Gasteiger partial charge on any atom is 0.226 e. The van der Waals surface area contributed by atoms with E-state index in [1.165, 1.54) is 0 Å². The second-order valence-corrected chi connectivity index (χ2v) is 7.18. The third-order valence-electron chi connectivity index (χ3n) is 5.56. The molecule has 126 valence electrons. The standard InChI is InChI=1S/C17H31N3O2/c1-12(2)19(3)16(21)13-7-9-20(10-8-13)17(22)15-6-4-5-14(15)11-18/h12-15H,4-11,18H2,1-3H3/t14-,15-/m1/s1. The normalized spacial score (nSPS) is 26.5. The predicted octanol–water partition coefficient (Wildman–Crippen LogP) is 1.47. The lowest BCUT2D eigenvalue weighted by Gasteiger charge is -2.36. The molecule has 1 aliphatic heterocycles. The number of hydrogen-bond donors (Lipinski definition) is 1. The molecule has 2 aliphatic rings. The second-order valence-electron chi connectivity index (χ2n) is 7.18. The Morgan fingerprint density at radius 2 is 1.82 bits per heavy atom. The van der Waals surface area contributed by atoms with Gasteiger partial charge in [0, 0.05) is 38.0 Å². The van der Waals surface area contributed by atoms with Gasteiger partial charge >= 0.3 is 0 Å². The molecule has 5 nitrogen and oxygen atoms in total. The van der Waals surface area contributed by atoms with Crippen molar-refractivity contribution < 1.29 is 9.59 Å². The van der Waals surface area contributed by atoms with Crippen molar-refractivity contribution >= 4 is 11.8 Å². The Kier molecular flexibility index (Phi) is 5.84. The molecule has 2 rings (SSSR count). The SMILES string of the molecule is CC(C)N(C)C(=O)C1CCN(C(=O)[C@@H]2CCC[C@@H]2CN)CC1. The molecule has 2 N–H and O–H groups in total. The molecule has 0 radical (unpaired) electrons. The fourth-order valence-corrected chi connectivity index (χ4v) is 3.77. The Hall–Kier alpha value is -1.10. The van der Waals surface area contributed by atoms with E-state index in [9.17, 15) is 9.59 Å². The summed E-state index contributed by atoms with van der Waals surface area (Å²) in [5.41, 5.74) is 5.79. The van der Waals surface area contributed by atoms with Gasteiger partial charge in [0.15, 0.2) is 0 Å². The lowest BCUT2D eigenvalue weighted by Crippen LogP contribution is -2.47. The van der Waals surface area contributed by atoms with Crippen molar-refractivity contribution in [2.24, 2.45) is 23.5 Å². The smallest absolute Gasteiger partial charge is 0.226 e. The number of likely N-dealkylation sites (tertiary alicyclic amines) is 1. The van der Waals surface area contributed by atoms with Gasteiger partial charge in [-0.05, 0) is 52.0 Å². The van der Waals surface area contributed by atoms with Gasteiger partial charge in [0.25, 0.3) is 0 Å². The molecule has 0 bridgehead atoms. The topological polar surface area (TPSA) is 66.6 Å². The summed E-state index contributed by atoms with van der Waals surface area (Å²) in [6, 6.07) is 0.232. The van der Waals surface area contributed by atoms with Gasteiger partial charge in [-0.15, -0.1) is 0 Å². The van der Waals surface area contributed by atoms with Gasteiger partial charge in [-0.3, -0.25) is 9.59 Å². The van der Waals surface area contributed by atoms with Gasteiger partial charge in [-0.1, -0.05) is 6.42 Å². The molecule has 0 aromatic rings. The molecule has 0 spiro atoms. The summed E-state index contributed by atoms with van der Waals surface area (Å²) in [6.07, 6.45) is 4.77. The maximum atomic E-state index is 12.7. The number of nitrogens with two attached hydrogens (primary N) is 1. The Morgan fingerprint density at radius 3 is 2.36 bits per heavy atom. The lowest BCUT2D eigenvalue weighted by atomic mass is 9.91. The summed E-state index contributed by atoms with van der Waals surface area (Å²) in [7, 11) is 1.87. The van der Waals surface area contributed by atoms with Crippen LogP contribution in [0.25, 0.3) is 0 Å². The van der Waals surface area contributed by atoms with E-state index in [1.54, 1.807) is 0 Å². The molecule has 0 aromatic carbocycles. The monoisotopic (exact) mass is 309 g/mol.